The van der Waals surface area contributed by atoms with Gasteiger partial charge < -0.3 is 18.6 Å². The molecule has 5 rings (SSSR count). The van der Waals surface area contributed by atoms with Crippen molar-refractivity contribution in [2.75, 3.05) is 7.11 Å². The molecule has 2 fully saturated rings. The molecule has 2 aromatic rings. The van der Waals surface area contributed by atoms with Gasteiger partial charge in [0.2, 0.25) is 0 Å². The molecule has 0 saturated carbocycles. The molecule has 0 bridgehead atoms. The van der Waals surface area contributed by atoms with E-state index in [-0.39, 0.29) is 29.8 Å². The van der Waals surface area contributed by atoms with Gasteiger partial charge in [-0.3, -0.25) is 4.79 Å². The first kappa shape index (κ1) is 13.3. The highest BCUT2D eigenvalue weighted by molar-refractivity contribution is 5.37. The van der Waals surface area contributed by atoms with E-state index in [1.165, 1.54) is 5.56 Å². The maximum Gasteiger partial charge on any atom is 0.191 e. The van der Waals surface area contributed by atoms with Gasteiger partial charge in [0.25, 0.3) is 0 Å². The number of hydrogen-bond donors (Lipinski definition) is 0. The molecule has 4 unspecified atom stereocenters. The van der Waals surface area contributed by atoms with Crippen LogP contribution in [0.5, 0.6) is 5.75 Å². The van der Waals surface area contributed by atoms with Crippen molar-refractivity contribution in [1.82, 2.24) is 0 Å². The summed E-state index contributed by atoms with van der Waals surface area (Å²) < 4.78 is 22.2. The van der Waals surface area contributed by atoms with Gasteiger partial charge in [-0.15, -0.1) is 0 Å². The molecule has 0 spiro atoms. The summed E-state index contributed by atoms with van der Waals surface area (Å²) in [5.41, 5.74) is 1.86. The maximum absolute atomic E-state index is 12.4. The molecule has 3 heterocycles. The molecular formula is C18H16O5. The van der Waals surface area contributed by atoms with Crippen LogP contribution in [0.4, 0.5) is 0 Å². The lowest BCUT2D eigenvalue weighted by Crippen LogP contribution is -2.18. The molecule has 0 amide bonds. The average molecular weight is 312 g/mol. The minimum atomic E-state index is -0.111. The Balaban J connectivity index is 1.38. The van der Waals surface area contributed by atoms with Gasteiger partial charge >= 0.3 is 0 Å². The van der Waals surface area contributed by atoms with Gasteiger partial charge in [0.05, 0.1) is 12.7 Å². The topological polar surface area (TPSA) is 64.5 Å². The lowest BCUT2D eigenvalue weighted by atomic mass is 9.96. The fourth-order valence-electron chi connectivity index (χ4n) is 3.44. The van der Waals surface area contributed by atoms with Crippen molar-refractivity contribution in [3.8, 4) is 5.75 Å². The summed E-state index contributed by atoms with van der Waals surface area (Å²) in [7, 11) is 1.65. The van der Waals surface area contributed by atoms with Crippen LogP contribution in [0.1, 0.15) is 34.9 Å². The van der Waals surface area contributed by atoms with Crippen molar-refractivity contribution in [3.05, 3.63) is 63.2 Å². The number of hydrogen-bond acceptors (Lipinski definition) is 5. The highest BCUT2D eigenvalue weighted by Crippen LogP contribution is 2.59. The second kappa shape index (κ2) is 4.69. The van der Waals surface area contributed by atoms with Crippen LogP contribution >= 0.6 is 0 Å². The Kier molecular flexibility index (Phi) is 2.72. The zero-order chi connectivity index (χ0) is 15.6. The molecule has 1 aromatic carbocycles. The molecular weight excluding hydrogens is 296 g/mol. The molecule has 1 aromatic heterocycles. The van der Waals surface area contributed by atoms with Crippen molar-refractivity contribution in [2.24, 2.45) is 0 Å². The zero-order valence-electron chi connectivity index (χ0n) is 12.7. The molecule has 4 atom stereocenters. The van der Waals surface area contributed by atoms with Crippen LogP contribution in [-0.4, -0.2) is 19.3 Å². The summed E-state index contributed by atoms with van der Waals surface area (Å²) in [4.78, 5) is 12.4. The zero-order valence-corrected chi connectivity index (χ0v) is 12.7. The van der Waals surface area contributed by atoms with E-state index in [0.29, 0.717) is 23.5 Å². The van der Waals surface area contributed by atoms with Crippen LogP contribution in [0.15, 0.2) is 39.5 Å². The first-order valence-electron chi connectivity index (χ1n) is 7.85. The van der Waals surface area contributed by atoms with Gasteiger partial charge in [0, 0.05) is 12.5 Å². The third-order valence-electron chi connectivity index (χ3n) is 4.80. The van der Waals surface area contributed by atoms with Crippen LogP contribution in [0.2, 0.25) is 0 Å². The fourth-order valence-corrected chi connectivity index (χ4v) is 3.44. The second-order valence-electron chi connectivity index (χ2n) is 6.25. The summed E-state index contributed by atoms with van der Waals surface area (Å²) in [5.74, 6) is 2.23. The smallest absolute Gasteiger partial charge is 0.191 e. The Labute approximate surface area is 132 Å². The van der Waals surface area contributed by atoms with Crippen molar-refractivity contribution < 1.29 is 18.6 Å². The summed E-state index contributed by atoms with van der Waals surface area (Å²) >= 11 is 0. The number of aryl methyl sites for hydroxylation is 2. The standard InChI is InChI=1S/C18H16O5/c1-20-10-5-2-9(3-6-10)4-7-11-8-12(19)13-14(21-11)16-18(23-16)17-15(13)22-17/h2-3,5-6,8,15-18H,4,7H2,1H3. The van der Waals surface area contributed by atoms with Gasteiger partial charge in [-0.05, 0) is 24.1 Å². The average Bonchev–Trinajstić information content (AvgIpc) is 3.44. The van der Waals surface area contributed by atoms with Gasteiger partial charge in [-0.2, -0.15) is 0 Å². The van der Waals surface area contributed by atoms with E-state index < -0.39 is 0 Å². The van der Waals surface area contributed by atoms with Gasteiger partial charge in [0.15, 0.2) is 5.43 Å². The molecule has 1 aliphatic carbocycles. The van der Waals surface area contributed by atoms with Gasteiger partial charge in [-0.25, -0.2) is 0 Å². The summed E-state index contributed by atoms with van der Waals surface area (Å²) in [6.45, 7) is 0. The highest BCUT2D eigenvalue weighted by Gasteiger charge is 2.66. The van der Waals surface area contributed by atoms with Crippen molar-refractivity contribution >= 4 is 0 Å². The summed E-state index contributed by atoms with van der Waals surface area (Å²) in [6, 6.07) is 9.52. The molecule has 0 radical (unpaired) electrons. The van der Waals surface area contributed by atoms with E-state index >= 15 is 0 Å². The Morgan fingerprint density at radius 1 is 1.04 bits per heavy atom. The molecule has 2 aliphatic heterocycles. The third-order valence-corrected chi connectivity index (χ3v) is 4.80. The minimum Gasteiger partial charge on any atom is -0.497 e. The van der Waals surface area contributed by atoms with E-state index in [4.69, 9.17) is 18.6 Å². The van der Waals surface area contributed by atoms with Crippen molar-refractivity contribution in [1.29, 1.82) is 0 Å². The molecule has 23 heavy (non-hydrogen) atoms. The Morgan fingerprint density at radius 3 is 2.57 bits per heavy atom. The highest BCUT2D eigenvalue weighted by atomic mass is 16.7. The largest absolute Gasteiger partial charge is 0.497 e. The van der Waals surface area contributed by atoms with Gasteiger partial charge in [-0.1, -0.05) is 12.1 Å². The predicted molar refractivity (Wildman–Crippen MR) is 80.6 cm³/mol. The number of rotatable bonds is 4. The van der Waals surface area contributed by atoms with Crippen LogP contribution in [-0.2, 0) is 22.3 Å². The molecule has 0 N–H and O–H groups in total. The fraction of sp³-hybridized carbons (Fsp3) is 0.389. The van der Waals surface area contributed by atoms with Crippen molar-refractivity contribution in [2.45, 2.75) is 37.3 Å². The quantitative estimate of drug-likeness (QED) is 0.811. The van der Waals surface area contributed by atoms with E-state index in [1.54, 1.807) is 13.2 Å². The van der Waals surface area contributed by atoms with Crippen LogP contribution in [0.3, 0.4) is 0 Å². The Morgan fingerprint density at radius 2 is 1.78 bits per heavy atom. The monoisotopic (exact) mass is 312 g/mol. The number of ether oxygens (including phenoxy) is 3. The van der Waals surface area contributed by atoms with Crippen LogP contribution < -0.4 is 10.2 Å². The molecule has 3 aliphatic rings. The number of epoxide rings is 2. The third kappa shape index (κ3) is 2.11. The predicted octanol–water partition coefficient (Wildman–Crippen LogP) is 2.33. The SMILES string of the molecule is COc1ccc(CCc2cc(=O)c3c(o2)C2OC2C2OC32)cc1. The lowest BCUT2D eigenvalue weighted by molar-refractivity contribution is 0.289. The van der Waals surface area contributed by atoms with Crippen LogP contribution in [0.25, 0.3) is 0 Å². The normalized spacial score (nSPS) is 29.3. The molecule has 5 heteroatoms. The Bertz CT molecular complexity index is 822. The van der Waals surface area contributed by atoms with E-state index in [2.05, 4.69) is 0 Å². The Hall–Kier alpha value is -2.11. The molecule has 5 nitrogen and oxygen atoms in total. The number of methoxy groups -OCH3 is 1. The second-order valence-corrected chi connectivity index (χ2v) is 6.25. The minimum absolute atomic E-state index is 0.0115. The number of benzene rings is 1. The molecule has 118 valence electrons. The summed E-state index contributed by atoms with van der Waals surface area (Å²) in [6.07, 6.45) is 1.46. The first-order valence-corrected chi connectivity index (χ1v) is 7.85. The lowest BCUT2D eigenvalue weighted by Gasteiger charge is -2.09. The van der Waals surface area contributed by atoms with Crippen LogP contribution in [0, 0.1) is 0 Å². The summed E-state index contributed by atoms with van der Waals surface area (Å²) in [5, 5.41) is 0. The van der Waals surface area contributed by atoms with E-state index in [9.17, 15) is 4.79 Å². The van der Waals surface area contributed by atoms with E-state index in [0.717, 1.165) is 12.2 Å². The maximum atomic E-state index is 12.4. The van der Waals surface area contributed by atoms with Crippen molar-refractivity contribution in [3.63, 3.8) is 0 Å². The van der Waals surface area contributed by atoms with E-state index in [1.807, 2.05) is 24.3 Å². The first-order chi connectivity index (χ1) is 11.2. The van der Waals surface area contributed by atoms with Gasteiger partial charge in [0.1, 0.15) is 41.7 Å². The molecule has 2 saturated heterocycles. The number of fused-ring (bicyclic) bond motifs is 6.